The largest absolute Gasteiger partial charge is 0.376 e. The van der Waals surface area contributed by atoms with Crippen molar-refractivity contribution in [3.8, 4) is 0 Å². The van der Waals surface area contributed by atoms with E-state index >= 15 is 0 Å². The number of benzene rings is 2. The molecule has 2 aromatic rings. The molecular weight excluding hydrogens is 290 g/mol. The Morgan fingerprint density at radius 3 is 1.78 bits per heavy atom. The topological polar surface area (TPSA) is 84.2 Å². The van der Waals surface area contributed by atoms with E-state index in [9.17, 15) is 9.59 Å². The van der Waals surface area contributed by atoms with Crippen LogP contribution in [0.4, 0.5) is 0 Å². The van der Waals surface area contributed by atoms with Crippen LogP contribution in [0.15, 0.2) is 72.4 Å². The van der Waals surface area contributed by atoms with Gasteiger partial charge in [-0.05, 0) is 11.1 Å². The maximum atomic E-state index is 12.2. The van der Waals surface area contributed by atoms with Gasteiger partial charge in [-0.25, -0.2) is 0 Å². The number of carbonyl (C=O) groups is 2. The second-order valence-electron chi connectivity index (χ2n) is 4.97. The van der Waals surface area contributed by atoms with E-state index in [1.807, 2.05) is 60.7 Å². The van der Waals surface area contributed by atoms with Gasteiger partial charge in [0, 0.05) is 19.2 Å². The molecule has 0 spiro atoms. The molecule has 0 unspecified atom stereocenters. The second-order valence-corrected chi connectivity index (χ2v) is 4.97. The lowest BCUT2D eigenvalue weighted by molar-refractivity contribution is -0.119. The van der Waals surface area contributed by atoms with Crippen LogP contribution in [0.1, 0.15) is 11.1 Å². The van der Waals surface area contributed by atoms with E-state index in [-0.39, 0.29) is 11.6 Å². The lowest BCUT2D eigenvalue weighted by Gasteiger charge is -2.11. The molecule has 0 aliphatic heterocycles. The number of hydrogen-bond acceptors (Lipinski definition) is 3. The van der Waals surface area contributed by atoms with E-state index in [2.05, 4.69) is 10.6 Å². The van der Waals surface area contributed by atoms with Gasteiger partial charge in [-0.15, -0.1) is 0 Å². The fraction of sp³-hybridized carbons (Fsp3) is 0.111. The van der Waals surface area contributed by atoms with E-state index in [1.165, 1.54) is 0 Å². The van der Waals surface area contributed by atoms with Crippen molar-refractivity contribution in [1.29, 1.82) is 0 Å². The third-order valence-electron chi connectivity index (χ3n) is 3.15. The van der Waals surface area contributed by atoms with Crippen LogP contribution >= 0.6 is 0 Å². The van der Waals surface area contributed by atoms with Crippen molar-refractivity contribution >= 4 is 11.8 Å². The number of rotatable bonds is 7. The lowest BCUT2D eigenvalue weighted by atomic mass is 10.2. The third kappa shape index (κ3) is 5.67. The zero-order valence-electron chi connectivity index (χ0n) is 12.7. The van der Waals surface area contributed by atoms with Crippen molar-refractivity contribution in [1.82, 2.24) is 10.6 Å². The van der Waals surface area contributed by atoms with Gasteiger partial charge in [-0.1, -0.05) is 60.7 Å². The Bertz CT molecular complexity index is 682. The van der Waals surface area contributed by atoms with Crippen LogP contribution < -0.4 is 16.4 Å². The molecule has 4 N–H and O–H groups in total. The minimum absolute atomic E-state index is 0.150. The fourth-order valence-corrected chi connectivity index (χ4v) is 2.01. The molecule has 0 bridgehead atoms. The molecule has 0 aliphatic carbocycles. The van der Waals surface area contributed by atoms with Gasteiger partial charge in [0.1, 0.15) is 5.70 Å². The molecule has 0 aliphatic rings. The van der Waals surface area contributed by atoms with Gasteiger partial charge in [-0.3, -0.25) is 9.59 Å². The average molecular weight is 309 g/mol. The van der Waals surface area contributed by atoms with Gasteiger partial charge in [0.2, 0.25) is 5.91 Å². The maximum absolute atomic E-state index is 12.2. The van der Waals surface area contributed by atoms with E-state index in [0.717, 1.165) is 17.2 Å². The summed E-state index contributed by atoms with van der Waals surface area (Å²) >= 11 is 0. The Morgan fingerprint density at radius 1 is 0.826 bits per heavy atom. The fourth-order valence-electron chi connectivity index (χ4n) is 2.01. The molecule has 0 aromatic heterocycles. The van der Waals surface area contributed by atoms with Crippen molar-refractivity contribution in [2.75, 3.05) is 0 Å². The van der Waals surface area contributed by atoms with Crippen LogP contribution in [-0.2, 0) is 22.7 Å². The zero-order chi connectivity index (χ0) is 16.5. The van der Waals surface area contributed by atoms with Crippen LogP contribution in [0.5, 0.6) is 0 Å². The van der Waals surface area contributed by atoms with E-state index < -0.39 is 5.91 Å². The Kier molecular flexibility index (Phi) is 5.94. The molecule has 0 saturated carbocycles. The summed E-state index contributed by atoms with van der Waals surface area (Å²) in [6, 6.07) is 19.1. The van der Waals surface area contributed by atoms with Gasteiger partial charge in [0.15, 0.2) is 0 Å². The summed E-state index contributed by atoms with van der Waals surface area (Å²) in [7, 11) is 0. The number of carbonyl (C=O) groups excluding carboxylic acids is 2. The minimum atomic E-state index is -0.671. The van der Waals surface area contributed by atoms with Gasteiger partial charge in [0.25, 0.3) is 5.91 Å². The SMILES string of the molecule is NC(=O)/C=C(/NCc1ccccc1)C(=O)NCc1ccccc1. The predicted molar refractivity (Wildman–Crippen MR) is 88.8 cm³/mol. The highest BCUT2D eigenvalue weighted by Gasteiger charge is 2.10. The monoisotopic (exact) mass is 309 g/mol. The summed E-state index contributed by atoms with van der Waals surface area (Å²) in [4.78, 5) is 23.3. The van der Waals surface area contributed by atoms with Gasteiger partial charge in [0.05, 0.1) is 0 Å². The van der Waals surface area contributed by atoms with Crippen LogP contribution in [-0.4, -0.2) is 11.8 Å². The maximum Gasteiger partial charge on any atom is 0.267 e. The zero-order valence-corrected chi connectivity index (χ0v) is 12.7. The quantitative estimate of drug-likeness (QED) is 0.677. The lowest BCUT2D eigenvalue weighted by Crippen LogP contribution is -2.32. The third-order valence-corrected chi connectivity index (χ3v) is 3.15. The Morgan fingerprint density at radius 2 is 1.30 bits per heavy atom. The summed E-state index contributed by atoms with van der Waals surface area (Å²) in [6.07, 6.45) is 1.10. The highest BCUT2D eigenvalue weighted by molar-refractivity contribution is 5.99. The van der Waals surface area contributed by atoms with Crippen molar-refractivity contribution in [3.05, 3.63) is 83.6 Å². The Balaban J connectivity index is 1.97. The first kappa shape index (κ1) is 16.3. The standard InChI is InChI=1S/C18H19N3O2/c19-17(22)11-16(20-12-14-7-3-1-4-8-14)18(23)21-13-15-9-5-2-6-10-15/h1-11,20H,12-13H2,(H2,19,22)(H,21,23)/b16-11+. The highest BCUT2D eigenvalue weighted by atomic mass is 16.2. The number of primary amides is 1. The molecule has 5 nitrogen and oxygen atoms in total. The number of amides is 2. The van der Waals surface area contributed by atoms with Crippen LogP contribution in [0, 0.1) is 0 Å². The van der Waals surface area contributed by atoms with Crippen LogP contribution in [0.3, 0.4) is 0 Å². The summed E-state index contributed by atoms with van der Waals surface area (Å²) in [5.74, 6) is -1.04. The molecule has 23 heavy (non-hydrogen) atoms. The number of nitrogens with two attached hydrogens (primary N) is 1. The Labute approximate surface area is 135 Å². The molecule has 5 heteroatoms. The molecule has 0 heterocycles. The van der Waals surface area contributed by atoms with Crippen molar-refractivity contribution in [2.24, 2.45) is 5.73 Å². The molecule has 0 radical (unpaired) electrons. The average Bonchev–Trinajstić information content (AvgIpc) is 2.58. The van der Waals surface area contributed by atoms with E-state index in [4.69, 9.17) is 5.73 Å². The van der Waals surface area contributed by atoms with Crippen molar-refractivity contribution < 1.29 is 9.59 Å². The first-order chi connectivity index (χ1) is 11.1. The first-order valence-electron chi connectivity index (χ1n) is 7.26. The molecule has 2 rings (SSSR count). The van der Waals surface area contributed by atoms with Crippen LogP contribution in [0.25, 0.3) is 0 Å². The van der Waals surface area contributed by atoms with Gasteiger partial charge in [-0.2, -0.15) is 0 Å². The van der Waals surface area contributed by atoms with E-state index in [1.54, 1.807) is 0 Å². The molecule has 2 amide bonds. The molecular formula is C18H19N3O2. The first-order valence-corrected chi connectivity index (χ1v) is 7.26. The van der Waals surface area contributed by atoms with E-state index in [0.29, 0.717) is 13.1 Å². The van der Waals surface area contributed by atoms with Crippen LogP contribution in [0.2, 0.25) is 0 Å². The molecule has 0 saturated heterocycles. The van der Waals surface area contributed by atoms with Crippen molar-refractivity contribution in [3.63, 3.8) is 0 Å². The van der Waals surface area contributed by atoms with Crippen molar-refractivity contribution in [2.45, 2.75) is 13.1 Å². The summed E-state index contributed by atoms with van der Waals surface area (Å²) < 4.78 is 0. The molecule has 2 aromatic carbocycles. The molecule has 0 fully saturated rings. The number of hydrogen-bond donors (Lipinski definition) is 3. The second kappa shape index (κ2) is 8.38. The normalized spacial score (nSPS) is 10.9. The molecule has 0 atom stereocenters. The summed E-state index contributed by atoms with van der Waals surface area (Å²) in [6.45, 7) is 0.807. The number of nitrogens with one attached hydrogen (secondary N) is 2. The summed E-state index contributed by atoms with van der Waals surface area (Å²) in [5, 5.41) is 5.71. The minimum Gasteiger partial charge on any atom is -0.376 e. The smallest absolute Gasteiger partial charge is 0.267 e. The van der Waals surface area contributed by atoms with Gasteiger partial charge >= 0.3 is 0 Å². The predicted octanol–water partition coefficient (Wildman–Crippen LogP) is 1.46. The molecule has 118 valence electrons. The highest BCUT2D eigenvalue weighted by Crippen LogP contribution is 2.01. The Hall–Kier alpha value is -3.08. The summed E-state index contributed by atoms with van der Waals surface area (Å²) in [5.41, 5.74) is 7.30. The van der Waals surface area contributed by atoms with Gasteiger partial charge < -0.3 is 16.4 Å².